The van der Waals surface area contributed by atoms with E-state index in [1.807, 2.05) is 20.8 Å². The van der Waals surface area contributed by atoms with Crippen molar-refractivity contribution in [2.24, 2.45) is 5.92 Å². The predicted octanol–water partition coefficient (Wildman–Crippen LogP) is 2.69. The Hall–Kier alpha value is -3.31. The van der Waals surface area contributed by atoms with Crippen molar-refractivity contribution in [3.63, 3.8) is 0 Å². The second kappa shape index (κ2) is 12.5. The Morgan fingerprint density at radius 2 is 1.87 bits per heavy atom. The second-order valence-corrected chi connectivity index (χ2v) is 11.8. The molecule has 10 nitrogen and oxygen atoms in total. The highest BCUT2D eigenvalue weighted by Crippen LogP contribution is 2.30. The number of aliphatic hydroxyl groups excluding tert-OH is 1. The molecule has 38 heavy (non-hydrogen) atoms. The molecule has 0 radical (unpaired) electrons. The molecule has 0 spiro atoms. The first-order chi connectivity index (χ1) is 17.9. The van der Waals surface area contributed by atoms with Crippen molar-refractivity contribution >= 4 is 27.6 Å². The number of hydrogen-bond acceptors (Lipinski definition) is 6. The molecular formula is C27H38N4O6S. The fourth-order valence-electron chi connectivity index (χ4n) is 4.23. The van der Waals surface area contributed by atoms with E-state index in [4.69, 9.17) is 4.74 Å². The highest BCUT2D eigenvalue weighted by atomic mass is 32.2. The fourth-order valence-corrected chi connectivity index (χ4v) is 5.31. The third-order valence-corrected chi connectivity index (χ3v) is 7.83. The van der Waals surface area contributed by atoms with Crippen LogP contribution in [0.5, 0.6) is 5.75 Å². The summed E-state index contributed by atoms with van der Waals surface area (Å²) in [5, 5.41) is 12.7. The van der Waals surface area contributed by atoms with Crippen molar-refractivity contribution in [3.8, 4) is 5.75 Å². The van der Waals surface area contributed by atoms with Gasteiger partial charge in [0.2, 0.25) is 5.91 Å². The highest BCUT2D eigenvalue weighted by molar-refractivity contribution is 7.92. The summed E-state index contributed by atoms with van der Waals surface area (Å²) in [6.07, 6.45) is -0.508. The van der Waals surface area contributed by atoms with E-state index < -0.39 is 22.2 Å². The van der Waals surface area contributed by atoms with E-state index in [2.05, 4.69) is 10.0 Å². The van der Waals surface area contributed by atoms with Crippen molar-refractivity contribution < 1.29 is 27.9 Å². The lowest BCUT2D eigenvalue weighted by atomic mass is 10.0. The van der Waals surface area contributed by atoms with Crippen molar-refractivity contribution in [2.75, 3.05) is 31.5 Å². The Balaban J connectivity index is 1.95. The molecule has 0 saturated carbocycles. The minimum atomic E-state index is -3.83. The lowest BCUT2D eigenvalue weighted by molar-refractivity contribution is -0.134. The number of urea groups is 1. The topological polar surface area (TPSA) is 128 Å². The summed E-state index contributed by atoms with van der Waals surface area (Å²) in [6.45, 7) is 7.85. The molecule has 1 aliphatic rings. The molecule has 11 heteroatoms. The molecule has 0 fully saturated rings. The first-order valence-electron chi connectivity index (χ1n) is 12.7. The number of anilines is 1. The number of nitrogens with one attached hydrogen (secondary N) is 2. The van der Waals surface area contributed by atoms with Crippen LogP contribution in [-0.4, -0.2) is 80.2 Å². The largest absolute Gasteiger partial charge is 0.488 e. The van der Waals surface area contributed by atoms with Gasteiger partial charge in [-0.05, 0) is 51.1 Å². The van der Waals surface area contributed by atoms with Gasteiger partial charge in [-0.3, -0.25) is 9.52 Å². The molecule has 3 amide bonds. The third-order valence-electron chi connectivity index (χ3n) is 6.43. The van der Waals surface area contributed by atoms with Gasteiger partial charge in [0.15, 0.2) is 0 Å². The number of benzene rings is 2. The lowest BCUT2D eigenvalue weighted by Crippen LogP contribution is -2.49. The maximum Gasteiger partial charge on any atom is 0.317 e. The third kappa shape index (κ3) is 7.38. The molecule has 208 valence electrons. The maximum atomic E-state index is 13.4. The molecule has 2 aromatic rings. The van der Waals surface area contributed by atoms with E-state index in [-0.39, 0.29) is 48.4 Å². The van der Waals surface area contributed by atoms with Crippen molar-refractivity contribution in [3.05, 3.63) is 54.1 Å². The van der Waals surface area contributed by atoms with Crippen LogP contribution in [0, 0.1) is 5.92 Å². The van der Waals surface area contributed by atoms with Gasteiger partial charge in [0.1, 0.15) is 11.9 Å². The Bertz CT molecular complexity index is 1220. The minimum absolute atomic E-state index is 0.0267. The molecule has 0 unspecified atom stereocenters. The second-order valence-electron chi connectivity index (χ2n) is 10.1. The SMILES string of the molecule is CC(C)NC(=O)N(C)C[C@H]1Oc2ccc(NS(=O)(=O)c3ccccc3)cc2CC(=O)N([C@H](C)CO)C[C@@H]1C. The zero-order chi connectivity index (χ0) is 28.0. The number of carbonyl (C=O) groups excluding carboxylic acids is 2. The van der Waals surface area contributed by atoms with Crippen LogP contribution in [-0.2, 0) is 21.2 Å². The van der Waals surface area contributed by atoms with Gasteiger partial charge in [0.05, 0.1) is 30.5 Å². The number of rotatable bonds is 8. The number of fused-ring (bicyclic) bond motifs is 1. The van der Waals surface area contributed by atoms with Gasteiger partial charge in [0, 0.05) is 36.8 Å². The van der Waals surface area contributed by atoms with Gasteiger partial charge >= 0.3 is 6.03 Å². The van der Waals surface area contributed by atoms with E-state index in [1.165, 1.54) is 12.1 Å². The average molecular weight is 547 g/mol. The zero-order valence-electron chi connectivity index (χ0n) is 22.5. The number of ether oxygens (including phenoxy) is 1. The van der Waals surface area contributed by atoms with E-state index in [0.29, 0.717) is 23.5 Å². The summed E-state index contributed by atoms with van der Waals surface area (Å²) in [5.74, 6) is 0.0522. The number of aliphatic hydroxyl groups is 1. The fraction of sp³-hybridized carbons (Fsp3) is 0.481. The van der Waals surface area contributed by atoms with Crippen LogP contribution in [0.25, 0.3) is 0 Å². The van der Waals surface area contributed by atoms with E-state index in [0.717, 1.165) is 0 Å². The molecule has 3 atom stereocenters. The molecule has 0 bridgehead atoms. The summed E-state index contributed by atoms with van der Waals surface area (Å²) in [5.41, 5.74) is 0.801. The molecule has 2 aromatic carbocycles. The Labute approximate surface area is 225 Å². The Morgan fingerprint density at radius 1 is 1.18 bits per heavy atom. The standard InChI is InChI=1S/C27H38N4O6S/c1-18(2)28-27(34)30(5)16-25-19(3)15-31(20(4)17-32)26(33)14-21-13-22(11-12-24(21)37-25)29-38(35,36)23-9-7-6-8-10-23/h6-13,18-20,25,29,32H,14-17H2,1-5H3,(H,28,34)/t19-,20+,25+/m0/s1. The number of sulfonamides is 1. The summed E-state index contributed by atoms with van der Waals surface area (Å²) in [7, 11) is -2.15. The van der Waals surface area contributed by atoms with E-state index in [9.17, 15) is 23.1 Å². The number of hydrogen-bond donors (Lipinski definition) is 3. The van der Waals surface area contributed by atoms with Gasteiger partial charge in [-0.15, -0.1) is 0 Å². The maximum absolute atomic E-state index is 13.4. The van der Waals surface area contributed by atoms with E-state index >= 15 is 0 Å². The summed E-state index contributed by atoms with van der Waals surface area (Å²) in [4.78, 5) is 29.2. The number of likely N-dealkylation sites (N-methyl/N-ethyl adjacent to an activating group) is 1. The Kier molecular flexibility index (Phi) is 9.61. The highest BCUT2D eigenvalue weighted by Gasteiger charge is 2.32. The van der Waals surface area contributed by atoms with Gasteiger partial charge < -0.3 is 25.0 Å². The number of amides is 3. The molecule has 1 heterocycles. The Morgan fingerprint density at radius 3 is 2.50 bits per heavy atom. The van der Waals surface area contributed by atoms with Crippen LogP contribution in [0.3, 0.4) is 0 Å². The molecular weight excluding hydrogens is 508 g/mol. The first-order valence-corrected chi connectivity index (χ1v) is 14.2. The monoisotopic (exact) mass is 546 g/mol. The number of carbonyl (C=O) groups is 2. The van der Waals surface area contributed by atoms with Crippen LogP contribution in [0.1, 0.15) is 33.3 Å². The van der Waals surface area contributed by atoms with Gasteiger partial charge in [-0.2, -0.15) is 0 Å². The summed E-state index contributed by atoms with van der Waals surface area (Å²) in [6, 6.07) is 12.2. The molecule has 3 N–H and O–H groups in total. The van der Waals surface area contributed by atoms with Crippen molar-refractivity contribution in [1.82, 2.24) is 15.1 Å². The van der Waals surface area contributed by atoms with Crippen LogP contribution in [0.4, 0.5) is 10.5 Å². The van der Waals surface area contributed by atoms with Crippen LogP contribution >= 0.6 is 0 Å². The van der Waals surface area contributed by atoms with Crippen LogP contribution < -0.4 is 14.8 Å². The minimum Gasteiger partial charge on any atom is -0.488 e. The quantitative estimate of drug-likeness (QED) is 0.467. The molecule has 0 aromatic heterocycles. The summed E-state index contributed by atoms with van der Waals surface area (Å²) >= 11 is 0. The zero-order valence-corrected chi connectivity index (χ0v) is 23.4. The van der Waals surface area contributed by atoms with E-state index in [1.54, 1.807) is 60.2 Å². The van der Waals surface area contributed by atoms with Crippen molar-refractivity contribution in [1.29, 1.82) is 0 Å². The summed E-state index contributed by atoms with van der Waals surface area (Å²) < 4.78 is 34.7. The first kappa shape index (κ1) is 29.2. The smallest absolute Gasteiger partial charge is 0.317 e. The molecule has 3 rings (SSSR count). The van der Waals surface area contributed by atoms with Crippen molar-refractivity contribution in [2.45, 2.75) is 57.2 Å². The molecule has 0 aliphatic carbocycles. The predicted molar refractivity (Wildman–Crippen MR) is 146 cm³/mol. The normalized spacial score (nSPS) is 18.9. The van der Waals surface area contributed by atoms with Crippen LogP contribution in [0.2, 0.25) is 0 Å². The van der Waals surface area contributed by atoms with Gasteiger partial charge in [0.25, 0.3) is 10.0 Å². The molecule has 0 saturated heterocycles. The molecule has 1 aliphatic heterocycles. The van der Waals surface area contributed by atoms with Crippen LogP contribution in [0.15, 0.2) is 53.4 Å². The van der Waals surface area contributed by atoms with Gasteiger partial charge in [-0.25, -0.2) is 13.2 Å². The lowest BCUT2D eigenvalue weighted by Gasteiger charge is -2.34. The number of nitrogens with zero attached hydrogens (tertiary/aromatic N) is 2. The van der Waals surface area contributed by atoms with Gasteiger partial charge in [-0.1, -0.05) is 25.1 Å². The average Bonchev–Trinajstić information content (AvgIpc) is 2.91.